The fraction of sp³-hybridized carbons (Fsp3) is 0.206. The fourth-order valence-electron chi connectivity index (χ4n) is 4.13. The number of hydrazone groups is 1. The molecule has 0 atom stereocenters. The van der Waals surface area contributed by atoms with Gasteiger partial charge in [0.15, 0.2) is 29.6 Å². The largest absolute Gasteiger partial charge is 0.490 e. The molecule has 9 nitrogen and oxygen atoms in total. The molecule has 0 aliphatic carbocycles. The molecule has 0 bridgehead atoms. The number of benzene rings is 4. The lowest BCUT2D eigenvalue weighted by Gasteiger charge is -2.15. The fourth-order valence-corrected chi connectivity index (χ4v) is 4.91. The highest BCUT2D eigenvalue weighted by Gasteiger charge is 2.15. The van der Waals surface area contributed by atoms with Crippen molar-refractivity contribution in [3.63, 3.8) is 0 Å². The van der Waals surface area contributed by atoms with Crippen molar-refractivity contribution in [1.82, 2.24) is 5.43 Å². The lowest BCUT2D eigenvalue weighted by Crippen LogP contribution is -2.20. The summed E-state index contributed by atoms with van der Waals surface area (Å²) in [7, 11) is 0. The molecule has 4 rings (SSSR count). The minimum Gasteiger partial charge on any atom is -0.490 e. The van der Waals surface area contributed by atoms with Gasteiger partial charge in [-0.25, -0.2) is 5.43 Å². The molecule has 0 radical (unpaired) electrons. The van der Waals surface area contributed by atoms with Gasteiger partial charge in [-0.3, -0.25) is 9.59 Å². The van der Waals surface area contributed by atoms with Crippen LogP contribution in [0.15, 0.2) is 90.0 Å². The van der Waals surface area contributed by atoms with Gasteiger partial charge in [-0.05, 0) is 103 Å². The Hall–Kier alpha value is -4.58. The third-order valence-electron chi connectivity index (χ3n) is 6.10. The van der Waals surface area contributed by atoms with E-state index in [1.807, 2.05) is 81.4 Å². The van der Waals surface area contributed by atoms with E-state index in [1.54, 1.807) is 24.3 Å². The quantitative estimate of drug-likeness (QED) is 0.0853. The molecular formula is C34H34IN3O6. The first kappa shape index (κ1) is 32.3. The van der Waals surface area contributed by atoms with Crippen molar-refractivity contribution in [2.45, 2.75) is 27.4 Å². The Labute approximate surface area is 270 Å². The second-order valence-electron chi connectivity index (χ2n) is 9.54. The standard InChI is InChI=1S/C34H34IN3O6/c1-4-41-30-19-26(14-15-29(30)43-21-24-11-7-6-8-12-24)34(40)38-36-20-25-17-28(35)33(31(18-25)42-5-2)44-22-32(39)37-27-13-9-10-23(3)16-27/h6-20H,4-5,21-22H2,1-3H3,(H,37,39)(H,38,40)/b36-20+. The first-order valence-corrected chi connectivity index (χ1v) is 15.2. The highest BCUT2D eigenvalue weighted by Crippen LogP contribution is 2.34. The van der Waals surface area contributed by atoms with E-state index in [9.17, 15) is 9.59 Å². The third kappa shape index (κ3) is 9.46. The summed E-state index contributed by atoms with van der Waals surface area (Å²) < 4.78 is 24.0. The van der Waals surface area contributed by atoms with Gasteiger partial charge in [-0.1, -0.05) is 42.5 Å². The molecule has 0 aliphatic heterocycles. The predicted molar refractivity (Wildman–Crippen MR) is 179 cm³/mol. The van der Waals surface area contributed by atoms with Crippen LogP contribution in [0.3, 0.4) is 0 Å². The van der Waals surface area contributed by atoms with Crippen LogP contribution in [0.25, 0.3) is 0 Å². The number of ether oxygens (including phenoxy) is 4. The summed E-state index contributed by atoms with van der Waals surface area (Å²) in [4.78, 5) is 25.3. The van der Waals surface area contributed by atoms with Gasteiger partial charge in [0.1, 0.15) is 6.61 Å². The Morgan fingerprint density at radius 1 is 0.818 bits per heavy atom. The molecule has 0 unspecified atom stereocenters. The maximum Gasteiger partial charge on any atom is 0.271 e. The van der Waals surface area contributed by atoms with Gasteiger partial charge in [0.2, 0.25) is 0 Å². The average Bonchev–Trinajstić information content (AvgIpc) is 3.01. The molecule has 0 spiro atoms. The van der Waals surface area contributed by atoms with E-state index in [0.29, 0.717) is 59.6 Å². The summed E-state index contributed by atoms with van der Waals surface area (Å²) in [6.07, 6.45) is 1.51. The van der Waals surface area contributed by atoms with Crippen LogP contribution in [0.4, 0.5) is 5.69 Å². The van der Waals surface area contributed by atoms with Crippen molar-refractivity contribution in [3.8, 4) is 23.0 Å². The highest BCUT2D eigenvalue weighted by atomic mass is 127. The summed E-state index contributed by atoms with van der Waals surface area (Å²) in [5, 5.41) is 6.96. The van der Waals surface area contributed by atoms with Gasteiger partial charge < -0.3 is 24.3 Å². The first-order valence-electron chi connectivity index (χ1n) is 14.1. The number of nitrogens with zero attached hydrogens (tertiary/aromatic N) is 1. The van der Waals surface area contributed by atoms with Crippen molar-refractivity contribution in [2.24, 2.45) is 5.10 Å². The van der Waals surface area contributed by atoms with Crippen LogP contribution in [-0.2, 0) is 11.4 Å². The van der Waals surface area contributed by atoms with E-state index in [2.05, 4.69) is 38.4 Å². The van der Waals surface area contributed by atoms with Crippen molar-refractivity contribution < 1.29 is 28.5 Å². The number of halogens is 1. The molecule has 2 N–H and O–H groups in total. The normalized spacial score (nSPS) is 10.7. The summed E-state index contributed by atoms with van der Waals surface area (Å²) in [5.41, 5.74) is 6.37. The van der Waals surface area contributed by atoms with E-state index in [-0.39, 0.29) is 12.5 Å². The van der Waals surface area contributed by atoms with E-state index in [4.69, 9.17) is 18.9 Å². The Kier molecular flexibility index (Phi) is 12.0. The molecule has 2 amide bonds. The monoisotopic (exact) mass is 707 g/mol. The molecule has 228 valence electrons. The Balaban J connectivity index is 1.39. The molecule has 0 aromatic heterocycles. The molecule has 0 saturated heterocycles. The zero-order chi connectivity index (χ0) is 31.3. The van der Waals surface area contributed by atoms with Crippen LogP contribution in [0.1, 0.15) is 40.9 Å². The second-order valence-corrected chi connectivity index (χ2v) is 10.7. The molecule has 10 heteroatoms. The third-order valence-corrected chi connectivity index (χ3v) is 6.91. The van der Waals surface area contributed by atoms with Gasteiger partial charge in [-0.2, -0.15) is 5.10 Å². The minimum atomic E-state index is -0.406. The van der Waals surface area contributed by atoms with Crippen LogP contribution in [0.5, 0.6) is 23.0 Å². The molecule has 0 heterocycles. The lowest BCUT2D eigenvalue weighted by molar-refractivity contribution is -0.118. The first-order chi connectivity index (χ1) is 21.4. The SMILES string of the molecule is CCOc1cc(C(=O)N/N=C/c2cc(I)c(OCC(=O)Nc3cccc(C)c3)c(OCC)c2)ccc1OCc1ccccc1. The summed E-state index contributed by atoms with van der Waals surface area (Å²) >= 11 is 2.11. The molecule has 4 aromatic rings. The van der Waals surface area contributed by atoms with Crippen LogP contribution in [0.2, 0.25) is 0 Å². The summed E-state index contributed by atoms with van der Waals surface area (Å²) in [6, 6.07) is 25.9. The zero-order valence-corrected chi connectivity index (χ0v) is 26.9. The van der Waals surface area contributed by atoms with Crippen molar-refractivity contribution in [1.29, 1.82) is 0 Å². The predicted octanol–water partition coefficient (Wildman–Crippen LogP) is 6.76. The van der Waals surface area contributed by atoms with Crippen LogP contribution < -0.4 is 29.7 Å². The smallest absolute Gasteiger partial charge is 0.271 e. The van der Waals surface area contributed by atoms with Gasteiger partial charge in [0.25, 0.3) is 11.8 Å². The number of rotatable bonds is 14. The highest BCUT2D eigenvalue weighted by molar-refractivity contribution is 14.1. The summed E-state index contributed by atoms with van der Waals surface area (Å²) in [6.45, 7) is 6.69. The number of hydrogen-bond acceptors (Lipinski definition) is 7. The maximum absolute atomic E-state index is 12.9. The van der Waals surface area contributed by atoms with Crippen LogP contribution in [0, 0.1) is 10.5 Å². The molecule has 0 fully saturated rings. The van der Waals surface area contributed by atoms with Gasteiger partial charge in [0.05, 0.1) is 23.0 Å². The number of carbonyl (C=O) groups excluding carboxylic acids is 2. The van der Waals surface area contributed by atoms with E-state index >= 15 is 0 Å². The van der Waals surface area contributed by atoms with Crippen molar-refractivity contribution >= 4 is 46.3 Å². The Morgan fingerprint density at radius 2 is 1.59 bits per heavy atom. The van der Waals surface area contributed by atoms with Gasteiger partial charge in [0, 0.05) is 11.3 Å². The zero-order valence-electron chi connectivity index (χ0n) is 24.8. The molecule has 44 heavy (non-hydrogen) atoms. The Morgan fingerprint density at radius 3 is 2.34 bits per heavy atom. The van der Waals surface area contributed by atoms with Crippen molar-refractivity contribution in [3.05, 3.63) is 111 Å². The van der Waals surface area contributed by atoms with Gasteiger partial charge in [-0.15, -0.1) is 0 Å². The van der Waals surface area contributed by atoms with Crippen LogP contribution >= 0.6 is 22.6 Å². The second kappa shape index (κ2) is 16.3. The maximum atomic E-state index is 12.9. The minimum absolute atomic E-state index is 0.187. The Bertz CT molecular complexity index is 1610. The molecular weight excluding hydrogens is 673 g/mol. The lowest BCUT2D eigenvalue weighted by atomic mass is 10.2. The van der Waals surface area contributed by atoms with Crippen molar-refractivity contribution in [2.75, 3.05) is 25.1 Å². The van der Waals surface area contributed by atoms with Gasteiger partial charge >= 0.3 is 0 Å². The number of amides is 2. The number of hydrogen-bond donors (Lipinski definition) is 2. The molecule has 0 aliphatic rings. The van der Waals surface area contributed by atoms with E-state index in [0.717, 1.165) is 14.7 Å². The average molecular weight is 708 g/mol. The number of aryl methyl sites for hydroxylation is 1. The van der Waals surface area contributed by atoms with E-state index < -0.39 is 5.91 Å². The number of nitrogens with one attached hydrogen (secondary N) is 2. The summed E-state index contributed by atoms with van der Waals surface area (Å²) in [5.74, 6) is 1.23. The van der Waals surface area contributed by atoms with E-state index in [1.165, 1.54) is 6.21 Å². The number of carbonyl (C=O) groups is 2. The molecule has 4 aromatic carbocycles. The topological polar surface area (TPSA) is 107 Å². The number of anilines is 1. The molecule has 0 saturated carbocycles. The van der Waals surface area contributed by atoms with Crippen LogP contribution in [-0.4, -0.2) is 37.8 Å².